The Morgan fingerprint density at radius 2 is 1.83 bits per heavy atom. The van der Waals surface area contributed by atoms with Gasteiger partial charge in [0.2, 0.25) is 0 Å². The standard InChI is InChI=1S/C18H21BrN2O2/c1-18(2,20)12-21-17(22)15-5-3-4-6-16(15)23-11-13-7-9-14(19)10-8-13/h3-10H,11-12,20H2,1-2H3,(H,21,22). The van der Waals surface area contributed by atoms with E-state index in [1.165, 1.54) is 0 Å². The largest absolute Gasteiger partial charge is 0.488 e. The van der Waals surface area contributed by atoms with E-state index in [0.717, 1.165) is 10.0 Å². The number of amides is 1. The average molecular weight is 377 g/mol. The fourth-order valence-corrected chi connectivity index (χ4v) is 2.19. The molecular weight excluding hydrogens is 356 g/mol. The summed E-state index contributed by atoms with van der Waals surface area (Å²) >= 11 is 3.40. The predicted octanol–water partition coefficient (Wildman–Crippen LogP) is 3.50. The molecule has 0 fully saturated rings. The molecule has 0 radical (unpaired) electrons. The van der Waals surface area contributed by atoms with Gasteiger partial charge in [-0.1, -0.05) is 40.2 Å². The van der Waals surface area contributed by atoms with Crippen LogP contribution >= 0.6 is 15.9 Å². The second kappa shape index (κ2) is 7.62. The second-order valence-corrected chi connectivity index (χ2v) is 7.00. The van der Waals surface area contributed by atoms with Gasteiger partial charge in [-0.15, -0.1) is 0 Å². The van der Waals surface area contributed by atoms with Crippen molar-refractivity contribution >= 4 is 21.8 Å². The maximum absolute atomic E-state index is 12.3. The summed E-state index contributed by atoms with van der Waals surface area (Å²) in [7, 11) is 0. The number of carbonyl (C=O) groups is 1. The Morgan fingerprint density at radius 1 is 1.17 bits per heavy atom. The fourth-order valence-electron chi connectivity index (χ4n) is 1.93. The number of para-hydroxylation sites is 1. The molecule has 122 valence electrons. The zero-order valence-electron chi connectivity index (χ0n) is 13.3. The van der Waals surface area contributed by atoms with Crippen LogP contribution in [0.25, 0.3) is 0 Å². The Kier molecular flexibility index (Phi) is 5.80. The van der Waals surface area contributed by atoms with E-state index in [1.54, 1.807) is 12.1 Å². The third kappa shape index (κ3) is 5.69. The molecule has 1 amide bonds. The summed E-state index contributed by atoms with van der Waals surface area (Å²) in [5.74, 6) is 0.373. The zero-order valence-corrected chi connectivity index (χ0v) is 14.9. The van der Waals surface area contributed by atoms with Crippen LogP contribution in [0, 0.1) is 0 Å². The van der Waals surface area contributed by atoms with E-state index in [0.29, 0.717) is 24.5 Å². The number of nitrogens with two attached hydrogens (primary N) is 1. The highest BCUT2D eigenvalue weighted by molar-refractivity contribution is 9.10. The molecule has 2 aromatic rings. The molecule has 0 unspecified atom stereocenters. The van der Waals surface area contributed by atoms with Gasteiger partial charge in [-0.3, -0.25) is 4.79 Å². The van der Waals surface area contributed by atoms with Crippen molar-refractivity contribution < 1.29 is 9.53 Å². The molecule has 0 atom stereocenters. The molecule has 5 heteroatoms. The van der Waals surface area contributed by atoms with Crippen molar-refractivity contribution in [2.45, 2.75) is 26.0 Å². The normalized spacial score (nSPS) is 11.1. The quantitative estimate of drug-likeness (QED) is 0.810. The molecule has 0 spiro atoms. The van der Waals surface area contributed by atoms with Gasteiger partial charge >= 0.3 is 0 Å². The molecule has 0 saturated carbocycles. The van der Waals surface area contributed by atoms with E-state index in [-0.39, 0.29) is 5.91 Å². The lowest BCUT2D eigenvalue weighted by Crippen LogP contribution is -2.45. The first-order chi connectivity index (χ1) is 10.8. The molecule has 3 N–H and O–H groups in total. The average Bonchev–Trinajstić information content (AvgIpc) is 2.52. The molecular formula is C18H21BrN2O2. The summed E-state index contributed by atoms with van der Waals surface area (Å²) < 4.78 is 6.83. The van der Waals surface area contributed by atoms with E-state index >= 15 is 0 Å². The van der Waals surface area contributed by atoms with Crippen LogP contribution in [-0.4, -0.2) is 18.0 Å². The van der Waals surface area contributed by atoms with Crippen LogP contribution in [0.1, 0.15) is 29.8 Å². The number of halogens is 1. The van der Waals surface area contributed by atoms with Crippen molar-refractivity contribution in [2.75, 3.05) is 6.54 Å². The number of nitrogens with one attached hydrogen (secondary N) is 1. The van der Waals surface area contributed by atoms with Gasteiger partial charge in [0.05, 0.1) is 5.56 Å². The number of ether oxygens (including phenoxy) is 1. The Bertz CT molecular complexity index is 663. The monoisotopic (exact) mass is 376 g/mol. The minimum atomic E-state index is -0.455. The number of benzene rings is 2. The summed E-state index contributed by atoms with van der Waals surface area (Å²) in [5.41, 5.74) is 6.98. The molecule has 23 heavy (non-hydrogen) atoms. The first-order valence-corrected chi connectivity index (χ1v) is 8.18. The highest BCUT2D eigenvalue weighted by Gasteiger charge is 2.16. The van der Waals surface area contributed by atoms with Gasteiger partial charge in [-0.25, -0.2) is 0 Å². The lowest BCUT2D eigenvalue weighted by atomic mass is 10.1. The van der Waals surface area contributed by atoms with E-state index < -0.39 is 5.54 Å². The van der Waals surface area contributed by atoms with Crippen molar-refractivity contribution in [2.24, 2.45) is 5.73 Å². The SMILES string of the molecule is CC(C)(N)CNC(=O)c1ccccc1OCc1ccc(Br)cc1. The first kappa shape index (κ1) is 17.5. The van der Waals surface area contributed by atoms with Gasteiger partial charge in [0.15, 0.2) is 0 Å². The molecule has 0 aliphatic heterocycles. The van der Waals surface area contributed by atoms with E-state index in [1.807, 2.05) is 50.2 Å². The minimum Gasteiger partial charge on any atom is -0.488 e. The van der Waals surface area contributed by atoms with Gasteiger partial charge in [0.25, 0.3) is 5.91 Å². The molecule has 0 aromatic heterocycles. The number of rotatable bonds is 6. The van der Waals surface area contributed by atoms with Crippen LogP contribution < -0.4 is 15.8 Å². The summed E-state index contributed by atoms with van der Waals surface area (Å²) in [6.07, 6.45) is 0. The van der Waals surface area contributed by atoms with Crippen LogP contribution in [0.3, 0.4) is 0 Å². The lowest BCUT2D eigenvalue weighted by Gasteiger charge is -2.19. The smallest absolute Gasteiger partial charge is 0.255 e. The van der Waals surface area contributed by atoms with Crippen LogP contribution in [0.4, 0.5) is 0 Å². The number of carbonyl (C=O) groups excluding carboxylic acids is 1. The molecule has 4 nitrogen and oxygen atoms in total. The number of hydrogen-bond acceptors (Lipinski definition) is 3. The van der Waals surface area contributed by atoms with Crippen molar-refractivity contribution in [1.29, 1.82) is 0 Å². The van der Waals surface area contributed by atoms with Gasteiger partial charge in [0, 0.05) is 16.6 Å². The highest BCUT2D eigenvalue weighted by Crippen LogP contribution is 2.20. The van der Waals surface area contributed by atoms with Crippen LogP contribution in [0.2, 0.25) is 0 Å². The van der Waals surface area contributed by atoms with Gasteiger partial charge < -0.3 is 15.8 Å². The maximum atomic E-state index is 12.3. The Morgan fingerprint density at radius 3 is 2.48 bits per heavy atom. The zero-order chi connectivity index (χ0) is 16.9. The van der Waals surface area contributed by atoms with Gasteiger partial charge in [-0.2, -0.15) is 0 Å². The van der Waals surface area contributed by atoms with Gasteiger partial charge in [-0.05, 0) is 43.7 Å². The van der Waals surface area contributed by atoms with Crippen LogP contribution in [0.15, 0.2) is 53.0 Å². The topological polar surface area (TPSA) is 64.3 Å². The summed E-state index contributed by atoms with van der Waals surface area (Å²) in [4.78, 5) is 12.3. The summed E-state index contributed by atoms with van der Waals surface area (Å²) in [6, 6.07) is 15.1. The Labute approximate surface area is 145 Å². The maximum Gasteiger partial charge on any atom is 0.255 e. The lowest BCUT2D eigenvalue weighted by molar-refractivity contribution is 0.0941. The molecule has 2 aromatic carbocycles. The molecule has 0 saturated heterocycles. The molecule has 2 rings (SSSR count). The van der Waals surface area contributed by atoms with E-state index in [4.69, 9.17) is 10.5 Å². The van der Waals surface area contributed by atoms with Gasteiger partial charge in [0.1, 0.15) is 12.4 Å². The van der Waals surface area contributed by atoms with Crippen LogP contribution in [0.5, 0.6) is 5.75 Å². The highest BCUT2D eigenvalue weighted by atomic mass is 79.9. The number of hydrogen-bond donors (Lipinski definition) is 2. The van der Waals surface area contributed by atoms with Crippen molar-refractivity contribution in [3.05, 3.63) is 64.1 Å². The van der Waals surface area contributed by atoms with Crippen molar-refractivity contribution in [3.8, 4) is 5.75 Å². The third-order valence-corrected chi connectivity index (χ3v) is 3.67. The molecule has 0 aliphatic carbocycles. The molecule has 0 bridgehead atoms. The second-order valence-electron chi connectivity index (χ2n) is 6.08. The van der Waals surface area contributed by atoms with E-state index in [2.05, 4.69) is 21.2 Å². The third-order valence-electron chi connectivity index (χ3n) is 3.14. The first-order valence-electron chi connectivity index (χ1n) is 7.38. The molecule has 0 aliphatic rings. The minimum absolute atomic E-state index is 0.185. The summed E-state index contributed by atoms with van der Waals surface area (Å²) in [5, 5.41) is 2.83. The van der Waals surface area contributed by atoms with Crippen molar-refractivity contribution in [1.82, 2.24) is 5.32 Å². The summed E-state index contributed by atoms with van der Waals surface area (Å²) in [6.45, 7) is 4.53. The molecule has 0 heterocycles. The Hall–Kier alpha value is -1.85. The van der Waals surface area contributed by atoms with E-state index in [9.17, 15) is 4.79 Å². The predicted molar refractivity (Wildman–Crippen MR) is 95.5 cm³/mol. The van der Waals surface area contributed by atoms with Crippen molar-refractivity contribution in [3.63, 3.8) is 0 Å². The van der Waals surface area contributed by atoms with Crippen LogP contribution in [-0.2, 0) is 6.61 Å². The fraction of sp³-hybridized carbons (Fsp3) is 0.278. The Balaban J connectivity index is 2.05.